The molecule has 3 N–H and O–H groups in total. The first-order valence-electron chi connectivity index (χ1n) is 7.37. The van der Waals surface area contributed by atoms with Crippen molar-refractivity contribution in [2.45, 2.75) is 51.5 Å². The van der Waals surface area contributed by atoms with Gasteiger partial charge in [0.05, 0.1) is 0 Å². The van der Waals surface area contributed by atoms with E-state index < -0.39 is 12.0 Å². The Morgan fingerprint density at radius 3 is 2.63 bits per heavy atom. The third-order valence-corrected chi connectivity index (χ3v) is 4.59. The zero-order valence-corrected chi connectivity index (χ0v) is 11.5. The zero-order valence-electron chi connectivity index (χ0n) is 11.5. The van der Waals surface area contributed by atoms with Crippen LogP contribution >= 0.6 is 0 Å². The molecule has 0 aliphatic heterocycles. The number of amides is 2. The maximum Gasteiger partial charge on any atom is 0.326 e. The van der Waals surface area contributed by atoms with Crippen molar-refractivity contribution in [3.05, 3.63) is 0 Å². The summed E-state index contributed by atoms with van der Waals surface area (Å²) in [5.41, 5.74) is 0. The lowest BCUT2D eigenvalue weighted by Crippen LogP contribution is -2.47. The van der Waals surface area contributed by atoms with Gasteiger partial charge in [-0.3, -0.25) is 0 Å². The van der Waals surface area contributed by atoms with Crippen molar-refractivity contribution in [1.82, 2.24) is 10.6 Å². The molecule has 19 heavy (non-hydrogen) atoms. The van der Waals surface area contributed by atoms with Gasteiger partial charge in [-0.05, 0) is 43.4 Å². The van der Waals surface area contributed by atoms with E-state index in [4.69, 9.17) is 5.11 Å². The van der Waals surface area contributed by atoms with Gasteiger partial charge < -0.3 is 15.7 Å². The van der Waals surface area contributed by atoms with E-state index in [2.05, 4.69) is 10.6 Å². The number of carboxylic acid groups (broad SMARTS) is 1. The molecule has 2 fully saturated rings. The number of hydrogen-bond acceptors (Lipinski definition) is 2. The molecular formula is C14H24N2O3. The summed E-state index contributed by atoms with van der Waals surface area (Å²) < 4.78 is 0. The summed E-state index contributed by atoms with van der Waals surface area (Å²) in [7, 11) is 0. The first kappa shape index (κ1) is 14.2. The van der Waals surface area contributed by atoms with Crippen molar-refractivity contribution < 1.29 is 14.7 Å². The van der Waals surface area contributed by atoms with Gasteiger partial charge in [0.1, 0.15) is 6.04 Å². The molecule has 4 atom stereocenters. The third kappa shape index (κ3) is 3.61. The van der Waals surface area contributed by atoms with Gasteiger partial charge in [0.2, 0.25) is 0 Å². The van der Waals surface area contributed by atoms with Crippen LogP contribution in [0.15, 0.2) is 0 Å². The van der Waals surface area contributed by atoms with Gasteiger partial charge in [0, 0.05) is 6.54 Å². The molecule has 5 nitrogen and oxygen atoms in total. The molecule has 2 rings (SSSR count). The lowest BCUT2D eigenvalue weighted by atomic mass is 9.89. The van der Waals surface area contributed by atoms with Crippen LogP contribution in [0.3, 0.4) is 0 Å². The van der Waals surface area contributed by atoms with Crippen molar-refractivity contribution in [1.29, 1.82) is 0 Å². The van der Waals surface area contributed by atoms with Crippen molar-refractivity contribution in [2.75, 3.05) is 6.54 Å². The van der Waals surface area contributed by atoms with E-state index >= 15 is 0 Å². The Kier molecular flexibility index (Phi) is 4.66. The predicted molar refractivity (Wildman–Crippen MR) is 71.8 cm³/mol. The molecule has 0 radical (unpaired) electrons. The van der Waals surface area contributed by atoms with E-state index in [9.17, 15) is 9.59 Å². The number of fused-ring (bicyclic) bond motifs is 2. The number of nitrogens with one attached hydrogen (secondary N) is 2. The average molecular weight is 268 g/mol. The smallest absolute Gasteiger partial charge is 0.326 e. The van der Waals surface area contributed by atoms with Gasteiger partial charge >= 0.3 is 12.0 Å². The fourth-order valence-electron chi connectivity index (χ4n) is 3.61. The van der Waals surface area contributed by atoms with Crippen LogP contribution in [0.2, 0.25) is 0 Å². The van der Waals surface area contributed by atoms with Crippen molar-refractivity contribution in [3.63, 3.8) is 0 Å². The Hall–Kier alpha value is -1.26. The highest BCUT2D eigenvalue weighted by molar-refractivity contribution is 5.82. The standard InChI is InChI=1S/C14H24N2O3/c1-2-3-12(13(17)18)16-14(19)15-8-11-7-9-4-5-10(11)6-9/h9-12H,2-8H2,1H3,(H,17,18)(H2,15,16,19)/t9?,10?,11?,12-/m0/s1. The second-order valence-electron chi connectivity index (χ2n) is 5.97. The summed E-state index contributed by atoms with van der Waals surface area (Å²) in [6, 6.07) is -1.12. The lowest BCUT2D eigenvalue weighted by molar-refractivity contribution is -0.139. The number of carbonyl (C=O) groups excluding carboxylic acids is 1. The van der Waals surface area contributed by atoms with Crippen molar-refractivity contribution in [2.24, 2.45) is 17.8 Å². The van der Waals surface area contributed by atoms with Gasteiger partial charge in [-0.15, -0.1) is 0 Å². The summed E-state index contributed by atoms with van der Waals surface area (Å²) in [6.07, 6.45) is 6.40. The second-order valence-corrected chi connectivity index (χ2v) is 5.97. The Morgan fingerprint density at radius 1 is 1.32 bits per heavy atom. The maximum atomic E-state index is 11.7. The van der Waals surface area contributed by atoms with Gasteiger partial charge in [-0.1, -0.05) is 19.8 Å². The number of rotatable bonds is 6. The molecule has 0 aromatic rings. The average Bonchev–Trinajstić information content (AvgIpc) is 2.97. The Labute approximate surface area is 114 Å². The number of carbonyl (C=O) groups is 2. The first-order valence-corrected chi connectivity index (χ1v) is 7.37. The molecule has 2 amide bonds. The van der Waals surface area contributed by atoms with Gasteiger partial charge in [-0.25, -0.2) is 9.59 Å². The maximum absolute atomic E-state index is 11.7. The van der Waals surface area contributed by atoms with Crippen LogP contribution in [-0.2, 0) is 4.79 Å². The summed E-state index contributed by atoms with van der Waals surface area (Å²) in [4.78, 5) is 22.7. The molecular weight excluding hydrogens is 244 g/mol. The monoisotopic (exact) mass is 268 g/mol. The van der Waals surface area contributed by atoms with Crippen LogP contribution in [0.5, 0.6) is 0 Å². The van der Waals surface area contributed by atoms with Gasteiger partial charge in [0.25, 0.3) is 0 Å². The molecule has 2 bridgehead atoms. The Balaban J connectivity index is 1.70. The van der Waals surface area contributed by atoms with Crippen molar-refractivity contribution >= 4 is 12.0 Å². The van der Waals surface area contributed by atoms with Crippen LogP contribution in [0, 0.1) is 17.8 Å². The molecule has 108 valence electrons. The third-order valence-electron chi connectivity index (χ3n) is 4.59. The highest BCUT2D eigenvalue weighted by atomic mass is 16.4. The molecule has 0 heterocycles. The molecule has 2 saturated carbocycles. The summed E-state index contributed by atoms with van der Waals surface area (Å²) >= 11 is 0. The van der Waals surface area contributed by atoms with Gasteiger partial charge in [-0.2, -0.15) is 0 Å². The summed E-state index contributed by atoms with van der Waals surface area (Å²) in [5.74, 6) is 1.28. The fraction of sp³-hybridized carbons (Fsp3) is 0.857. The lowest BCUT2D eigenvalue weighted by Gasteiger charge is -2.22. The Bertz CT molecular complexity index is 346. The minimum Gasteiger partial charge on any atom is -0.480 e. The predicted octanol–water partition coefficient (Wildman–Crippen LogP) is 1.98. The molecule has 0 spiro atoms. The highest BCUT2D eigenvalue weighted by Crippen LogP contribution is 2.47. The quantitative estimate of drug-likeness (QED) is 0.689. The summed E-state index contributed by atoms with van der Waals surface area (Å²) in [5, 5.41) is 14.4. The van der Waals surface area contributed by atoms with Crippen LogP contribution in [-0.4, -0.2) is 29.7 Å². The van der Waals surface area contributed by atoms with E-state index in [1.807, 2.05) is 6.92 Å². The molecule has 0 aromatic heterocycles. The zero-order chi connectivity index (χ0) is 13.8. The molecule has 0 saturated heterocycles. The SMILES string of the molecule is CCC[C@H](NC(=O)NCC1CC2CCC1C2)C(=O)O. The van der Waals surface area contributed by atoms with E-state index in [1.165, 1.54) is 25.7 Å². The largest absolute Gasteiger partial charge is 0.480 e. The van der Waals surface area contributed by atoms with Crippen molar-refractivity contribution in [3.8, 4) is 0 Å². The minimum atomic E-state index is -0.961. The van der Waals surface area contributed by atoms with Crippen LogP contribution in [0.25, 0.3) is 0 Å². The second kappa shape index (κ2) is 6.26. The summed E-state index contributed by atoms with van der Waals surface area (Å²) in [6.45, 7) is 2.59. The Morgan fingerprint density at radius 2 is 2.11 bits per heavy atom. The number of aliphatic carboxylic acids is 1. The molecule has 2 aliphatic rings. The normalized spacial score (nSPS) is 30.1. The van der Waals surface area contributed by atoms with Crippen LogP contribution in [0.4, 0.5) is 4.79 Å². The molecule has 3 unspecified atom stereocenters. The first-order chi connectivity index (χ1) is 9.10. The molecule has 5 heteroatoms. The van der Waals surface area contributed by atoms with Crippen LogP contribution in [0.1, 0.15) is 45.4 Å². The van der Waals surface area contributed by atoms with E-state index in [1.54, 1.807) is 0 Å². The minimum absolute atomic E-state index is 0.344. The number of urea groups is 1. The number of hydrogen-bond donors (Lipinski definition) is 3. The number of carboxylic acids is 1. The topological polar surface area (TPSA) is 78.4 Å². The fourth-order valence-corrected chi connectivity index (χ4v) is 3.61. The van der Waals surface area contributed by atoms with Crippen LogP contribution < -0.4 is 10.6 Å². The van der Waals surface area contributed by atoms with E-state index in [0.717, 1.165) is 18.3 Å². The molecule has 0 aromatic carbocycles. The highest BCUT2D eigenvalue weighted by Gasteiger charge is 2.39. The molecule has 2 aliphatic carbocycles. The van der Waals surface area contributed by atoms with Gasteiger partial charge in [0.15, 0.2) is 0 Å². The van der Waals surface area contributed by atoms with E-state index in [-0.39, 0.29) is 6.03 Å². The van der Waals surface area contributed by atoms with E-state index in [0.29, 0.717) is 18.9 Å².